The molecule has 2 rings (SSSR count). The number of nitrogens with one attached hydrogen (secondary N) is 1. The van der Waals surface area contributed by atoms with Crippen molar-refractivity contribution >= 4 is 39.6 Å². The van der Waals surface area contributed by atoms with E-state index >= 15 is 0 Å². The normalized spacial score (nSPS) is 11.8. The molecular weight excluding hydrogens is 416 g/mol. The van der Waals surface area contributed by atoms with Gasteiger partial charge in [0.25, 0.3) is 5.69 Å². The Balaban J connectivity index is 2.17. The second kappa shape index (κ2) is 9.63. The van der Waals surface area contributed by atoms with E-state index < -0.39 is 22.8 Å². The number of carbonyl (C=O) groups excluding carboxylic acids is 2. The minimum atomic E-state index is -0.589. The molecule has 27 heavy (non-hydrogen) atoms. The number of halogens is 1. The first-order valence-electron chi connectivity index (χ1n) is 7.95. The van der Waals surface area contributed by atoms with Crippen molar-refractivity contribution in [1.29, 1.82) is 0 Å². The van der Waals surface area contributed by atoms with Gasteiger partial charge in [0.05, 0.1) is 30.1 Å². The van der Waals surface area contributed by atoms with Crippen molar-refractivity contribution in [1.82, 2.24) is 5.32 Å². The van der Waals surface area contributed by atoms with Crippen LogP contribution in [0.1, 0.15) is 23.6 Å². The summed E-state index contributed by atoms with van der Waals surface area (Å²) < 4.78 is 5.55. The predicted molar refractivity (Wildman–Crippen MR) is 104 cm³/mol. The molecule has 2 aromatic carbocycles. The molecule has 0 saturated carbocycles. The quantitative estimate of drug-likeness (QED) is 0.310. The summed E-state index contributed by atoms with van der Waals surface area (Å²) in [6.07, 6.45) is 2.53. The highest BCUT2D eigenvalue weighted by atomic mass is 79.9. The maximum absolute atomic E-state index is 12.3. The van der Waals surface area contributed by atoms with Gasteiger partial charge in [0.15, 0.2) is 0 Å². The van der Waals surface area contributed by atoms with Gasteiger partial charge in [-0.1, -0.05) is 40.2 Å². The number of benzene rings is 2. The number of amides is 1. The van der Waals surface area contributed by atoms with Crippen LogP contribution in [0.15, 0.2) is 59.1 Å². The van der Waals surface area contributed by atoms with Crippen molar-refractivity contribution in [3.05, 3.63) is 80.3 Å². The van der Waals surface area contributed by atoms with Crippen LogP contribution >= 0.6 is 15.9 Å². The number of ether oxygens (including phenoxy) is 1. The molecule has 0 fully saturated rings. The maximum atomic E-state index is 12.3. The van der Waals surface area contributed by atoms with Gasteiger partial charge < -0.3 is 10.1 Å². The number of nitro groups is 1. The first-order valence-corrected chi connectivity index (χ1v) is 8.74. The summed E-state index contributed by atoms with van der Waals surface area (Å²) in [4.78, 5) is 34.5. The van der Waals surface area contributed by atoms with E-state index in [0.29, 0.717) is 5.56 Å². The highest BCUT2D eigenvalue weighted by Crippen LogP contribution is 2.21. The smallest absolute Gasteiger partial charge is 0.307 e. The molecule has 0 bridgehead atoms. The molecule has 8 heteroatoms. The third-order valence-corrected chi connectivity index (χ3v) is 4.26. The number of esters is 1. The van der Waals surface area contributed by atoms with Gasteiger partial charge in [-0.25, -0.2) is 0 Å². The van der Waals surface area contributed by atoms with Gasteiger partial charge in [-0.05, 0) is 29.8 Å². The van der Waals surface area contributed by atoms with Gasteiger partial charge >= 0.3 is 5.97 Å². The zero-order chi connectivity index (χ0) is 19.8. The van der Waals surface area contributed by atoms with Crippen molar-refractivity contribution < 1.29 is 19.2 Å². The van der Waals surface area contributed by atoms with Crippen molar-refractivity contribution in [2.75, 3.05) is 7.11 Å². The van der Waals surface area contributed by atoms with Crippen molar-refractivity contribution in [3.8, 4) is 0 Å². The highest BCUT2D eigenvalue weighted by Gasteiger charge is 2.18. The molecule has 0 heterocycles. The molecule has 7 nitrogen and oxygen atoms in total. The van der Waals surface area contributed by atoms with Crippen LogP contribution in [-0.4, -0.2) is 23.9 Å². The molecule has 0 aliphatic rings. The van der Waals surface area contributed by atoms with Crippen molar-refractivity contribution in [2.24, 2.45) is 0 Å². The van der Waals surface area contributed by atoms with Crippen LogP contribution in [0.3, 0.4) is 0 Å². The Morgan fingerprint density at radius 1 is 1.22 bits per heavy atom. The summed E-state index contributed by atoms with van der Waals surface area (Å²) in [7, 11) is 1.28. The SMILES string of the molecule is COC(=O)CC(NC(=O)/C=C/c1ccccc1[N+](=O)[O-])c1ccc(Br)cc1. The molecule has 0 aromatic heterocycles. The summed E-state index contributed by atoms with van der Waals surface area (Å²) >= 11 is 3.33. The monoisotopic (exact) mass is 432 g/mol. The lowest BCUT2D eigenvalue weighted by Crippen LogP contribution is -2.29. The highest BCUT2D eigenvalue weighted by molar-refractivity contribution is 9.10. The van der Waals surface area contributed by atoms with E-state index in [-0.39, 0.29) is 12.1 Å². The molecule has 2 aromatic rings. The zero-order valence-corrected chi connectivity index (χ0v) is 16.0. The number of carbonyl (C=O) groups is 2. The average Bonchev–Trinajstić information content (AvgIpc) is 2.66. The number of methoxy groups -OCH3 is 1. The number of para-hydroxylation sites is 1. The number of rotatable bonds is 7. The Morgan fingerprint density at radius 3 is 2.52 bits per heavy atom. The topological polar surface area (TPSA) is 98.5 Å². The van der Waals surface area contributed by atoms with Gasteiger partial charge in [-0.3, -0.25) is 19.7 Å². The summed E-state index contributed by atoms with van der Waals surface area (Å²) in [5.74, 6) is -0.948. The Labute approximate surface area is 164 Å². The van der Waals surface area contributed by atoms with Crippen LogP contribution in [0.25, 0.3) is 6.08 Å². The molecule has 0 aliphatic carbocycles. The second-order valence-electron chi connectivity index (χ2n) is 5.54. The Bertz CT molecular complexity index is 865. The number of nitro benzene ring substituents is 1. The second-order valence-corrected chi connectivity index (χ2v) is 6.46. The van der Waals surface area contributed by atoms with Crippen LogP contribution in [0.5, 0.6) is 0 Å². The standard InChI is InChI=1S/C19H17BrN2O5/c1-27-19(24)12-16(13-6-9-15(20)10-7-13)21-18(23)11-8-14-4-2-3-5-17(14)22(25)26/h2-11,16H,12H2,1H3,(H,21,23)/b11-8+. The van der Waals surface area contributed by atoms with Crippen LogP contribution in [-0.2, 0) is 14.3 Å². The molecule has 1 unspecified atom stereocenters. The lowest BCUT2D eigenvalue weighted by atomic mass is 10.0. The van der Waals surface area contributed by atoms with Gasteiger partial charge in [0, 0.05) is 16.6 Å². The maximum Gasteiger partial charge on any atom is 0.307 e. The first kappa shape index (κ1) is 20.3. The van der Waals surface area contributed by atoms with Crippen molar-refractivity contribution in [2.45, 2.75) is 12.5 Å². The van der Waals surface area contributed by atoms with E-state index in [1.54, 1.807) is 42.5 Å². The summed E-state index contributed by atoms with van der Waals surface area (Å²) in [6, 6.07) is 12.7. The molecule has 1 amide bonds. The number of hydrogen-bond donors (Lipinski definition) is 1. The molecule has 0 aliphatic heterocycles. The van der Waals surface area contributed by atoms with Crippen LogP contribution in [0.2, 0.25) is 0 Å². The lowest BCUT2D eigenvalue weighted by Gasteiger charge is -2.17. The van der Waals surface area contributed by atoms with Gasteiger partial charge in [0.1, 0.15) is 0 Å². The van der Waals surface area contributed by atoms with E-state index in [1.807, 2.05) is 0 Å². The summed E-state index contributed by atoms with van der Waals surface area (Å²) in [5, 5.41) is 13.8. The van der Waals surface area contributed by atoms with Crippen LogP contribution in [0, 0.1) is 10.1 Å². The molecule has 0 saturated heterocycles. The van der Waals surface area contributed by atoms with Gasteiger partial charge in [-0.15, -0.1) is 0 Å². The molecule has 0 radical (unpaired) electrons. The molecular formula is C19H17BrN2O5. The summed E-state index contributed by atoms with van der Waals surface area (Å²) in [5.41, 5.74) is 0.947. The Morgan fingerprint density at radius 2 is 1.89 bits per heavy atom. The average molecular weight is 433 g/mol. The Kier molecular flexibility index (Phi) is 7.25. The fraction of sp³-hybridized carbons (Fsp3) is 0.158. The molecule has 0 spiro atoms. The Hall–Kier alpha value is -3.00. The largest absolute Gasteiger partial charge is 0.469 e. The molecule has 1 atom stereocenters. The van der Waals surface area contributed by atoms with E-state index in [4.69, 9.17) is 0 Å². The number of nitrogens with zero attached hydrogens (tertiary/aromatic N) is 1. The lowest BCUT2D eigenvalue weighted by molar-refractivity contribution is -0.385. The van der Waals surface area contributed by atoms with Gasteiger partial charge in [-0.2, -0.15) is 0 Å². The van der Waals surface area contributed by atoms with Crippen molar-refractivity contribution in [3.63, 3.8) is 0 Å². The third-order valence-electron chi connectivity index (χ3n) is 3.74. The fourth-order valence-electron chi connectivity index (χ4n) is 2.38. The van der Waals surface area contributed by atoms with E-state index in [0.717, 1.165) is 10.0 Å². The summed E-state index contributed by atoms with van der Waals surface area (Å²) in [6.45, 7) is 0. The number of hydrogen-bond acceptors (Lipinski definition) is 5. The predicted octanol–water partition coefficient (Wildman–Crippen LogP) is 3.79. The molecule has 1 N–H and O–H groups in total. The zero-order valence-electron chi connectivity index (χ0n) is 14.4. The van der Waals surface area contributed by atoms with Crippen LogP contribution in [0.4, 0.5) is 5.69 Å². The first-order chi connectivity index (χ1) is 12.9. The minimum absolute atomic E-state index is 0.0385. The van der Waals surface area contributed by atoms with E-state index in [1.165, 1.54) is 25.3 Å². The van der Waals surface area contributed by atoms with E-state index in [9.17, 15) is 19.7 Å². The molecule has 140 valence electrons. The minimum Gasteiger partial charge on any atom is -0.469 e. The van der Waals surface area contributed by atoms with E-state index in [2.05, 4.69) is 26.0 Å². The third kappa shape index (κ3) is 6.03. The van der Waals surface area contributed by atoms with Crippen LogP contribution < -0.4 is 5.32 Å². The fourth-order valence-corrected chi connectivity index (χ4v) is 2.64. The van der Waals surface area contributed by atoms with Gasteiger partial charge in [0.2, 0.25) is 5.91 Å².